The third-order valence-electron chi connectivity index (χ3n) is 6.92. The van der Waals surface area contributed by atoms with Crippen LogP contribution in [0, 0.1) is 0 Å². The second kappa shape index (κ2) is 10.5. The Morgan fingerprint density at radius 1 is 0.900 bits per heavy atom. The molecule has 6 rings (SSSR count). The van der Waals surface area contributed by atoms with Crippen LogP contribution in [0.3, 0.4) is 0 Å². The fraction of sp³-hybridized carbons (Fsp3) is 0.161. The maximum absolute atomic E-state index is 13.5. The van der Waals surface area contributed by atoms with E-state index < -0.39 is 5.91 Å². The van der Waals surface area contributed by atoms with Crippen LogP contribution in [-0.4, -0.2) is 34.7 Å². The highest BCUT2D eigenvalue weighted by molar-refractivity contribution is 6.03. The summed E-state index contributed by atoms with van der Waals surface area (Å²) < 4.78 is 18.5. The molecule has 0 saturated carbocycles. The average Bonchev–Trinajstić information content (AvgIpc) is 3.46. The minimum atomic E-state index is -0.508. The van der Waals surface area contributed by atoms with E-state index in [9.17, 15) is 9.59 Å². The summed E-state index contributed by atoms with van der Waals surface area (Å²) in [4.78, 5) is 35.4. The van der Waals surface area contributed by atoms with Gasteiger partial charge in [-0.25, -0.2) is 4.98 Å². The first-order valence-electron chi connectivity index (χ1n) is 12.8. The van der Waals surface area contributed by atoms with Gasteiger partial charge in [-0.1, -0.05) is 18.2 Å². The third-order valence-corrected chi connectivity index (χ3v) is 6.92. The lowest BCUT2D eigenvalue weighted by Gasteiger charge is -2.15. The van der Waals surface area contributed by atoms with Gasteiger partial charge in [0, 0.05) is 29.0 Å². The van der Waals surface area contributed by atoms with Crippen molar-refractivity contribution >= 4 is 22.6 Å². The fourth-order valence-electron chi connectivity index (χ4n) is 5.02. The van der Waals surface area contributed by atoms with Gasteiger partial charge in [-0.3, -0.25) is 19.1 Å². The minimum Gasteiger partial charge on any atom is -0.493 e. The van der Waals surface area contributed by atoms with Crippen LogP contribution in [0.15, 0.2) is 83.9 Å². The van der Waals surface area contributed by atoms with Gasteiger partial charge in [-0.05, 0) is 67.3 Å². The lowest BCUT2D eigenvalue weighted by atomic mass is 10.1. The van der Waals surface area contributed by atoms with Gasteiger partial charge in [-0.15, -0.1) is 0 Å². The van der Waals surface area contributed by atoms with E-state index in [1.54, 1.807) is 61.4 Å². The Bertz CT molecular complexity index is 1780. The summed E-state index contributed by atoms with van der Waals surface area (Å²) in [6.07, 6.45) is 5.73. The topological polar surface area (TPSA) is 105 Å². The van der Waals surface area contributed by atoms with Crippen LogP contribution in [-0.2, 0) is 12.8 Å². The molecule has 2 aromatic carbocycles. The molecular formula is C31H26N4O5. The summed E-state index contributed by atoms with van der Waals surface area (Å²) in [5.74, 6) is 1.94. The van der Waals surface area contributed by atoms with Gasteiger partial charge in [-0.2, -0.15) is 0 Å². The molecule has 40 heavy (non-hydrogen) atoms. The highest BCUT2D eigenvalue weighted by Gasteiger charge is 2.23. The largest absolute Gasteiger partial charge is 0.493 e. The Kier molecular flexibility index (Phi) is 6.61. The molecule has 0 atom stereocenters. The Morgan fingerprint density at radius 2 is 1.70 bits per heavy atom. The number of aryl methyl sites for hydroxylation is 1. The second-order valence-electron chi connectivity index (χ2n) is 9.33. The molecule has 0 spiro atoms. The molecule has 5 aromatic rings. The molecule has 1 aliphatic carbocycles. The summed E-state index contributed by atoms with van der Waals surface area (Å²) >= 11 is 0. The SMILES string of the molecule is COc1cc2nccc(Oc3ccc(NC(=O)c4cc5c(n(-c6ccccc6)c4=O)CCC5)nc3)c2cc1OC. The van der Waals surface area contributed by atoms with E-state index in [1.807, 2.05) is 30.3 Å². The van der Waals surface area contributed by atoms with Crippen molar-refractivity contribution in [2.75, 3.05) is 19.5 Å². The number of pyridine rings is 3. The van der Waals surface area contributed by atoms with Gasteiger partial charge in [0.15, 0.2) is 11.5 Å². The number of para-hydroxylation sites is 1. The van der Waals surface area contributed by atoms with Crippen LogP contribution >= 0.6 is 0 Å². The van der Waals surface area contributed by atoms with E-state index in [4.69, 9.17) is 14.2 Å². The summed E-state index contributed by atoms with van der Waals surface area (Å²) in [7, 11) is 3.14. The first-order valence-corrected chi connectivity index (χ1v) is 12.8. The number of ether oxygens (including phenoxy) is 3. The number of nitrogens with one attached hydrogen (secondary N) is 1. The summed E-state index contributed by atoms with van der Waals surface area (Å²) in [5.41, 5.74) is 3.15. The number of nitrogens with zero attached hydrogens (tertiary/aromatic N) is 3. The number of methoxy groups -OCH3 is 2. The normalized spacial score (nSPS) is 12.2. The number of carbonyl (C=O) groups is 1. The summed E-state index contributed by atoms with van der Waals surface area (Å²) in [5, 5.41) is 3.50. The van der Waals surface area contributed by atoms with Crippen LogP contribution in [0.1, 0.15) is 28.0 Å². The number of anilines is 1. The molecule has 1 aliphatic rings. The van der Waals surface area contributed by atoms with E-state index in [2.05, 4.69) is 15.3 Å². The van der Waals surface area contributed by atoms with Crippen molar-refractivity contribution in [1.82, 2.24) is 14.5 Å². The standard InChI is InChI=1S/C31H26N4O5/c1-38-27-16-22-24(17-28(27)39-2)32-14-13-26(22)40-21-11-12-29(33-18-21)34-30(36)23-15-19-7-6-10-25(19)35(31(23)37)20-8-4-3-5-9-20/h3-5,8-9,11-18H,6-7,10H2,1-2H3,(H,33,34,36). The summed E-state index contributed by atoms with van der Waals surface area (Å²) in [6, 6.07) is 19.8. The fourth-order valence-corrected chi connectivity index (χ4v) is 5.02. The molecule has 200 valence electrons. The maximum atomic E-state index is 13.5. The lowest BCUT2D eigenvalue weighted by molar-refractivity contribution is 0.102. The molecule has 0 unspecified atom stereocenters. The van der Waals surface area contributed by atoms with Crippen LogP contribution in [0.25, 0.3) is 16.6 Å². The smallest absolute Gasteiger partial charge is 0.268 e. The molecule has 9 nitrogen and oxygen atoms in total. The quantitative estimate of drug-likeness (QED) is 0.301. The molecule has 1 N–H and O–H groups in total. The van der Waals surface area contributed by atoms with Gasteiger partial charge < -0.3 is 19.5 Å². The zero-order chi connectivity index (χ0) is 27.6. The van der Waals surface area contributed by atoms with Crippen LogP contribution in [0.2, 0.25) is 0 Å². The van der Waals surface area contributed by atoms with Crippen LogP contribution in [0.4, 0.5) is 5.82 Å². The second-order valence-corrected chi connectivity index (χ2v) is 9.33. The first-order chi connectivity index (χ1) is 19.6. The lowest BCUT2D eigenvalue weighted by Crippen LogP contribution is -2.30. The van der Waals surface area contributed by atoms with Crippen molar-refractivity contribution in [3.8, 4) is 28.7 Å². The predicted molar refractivity (Wildman–Crippen MR) is 151 cm³/mol. The third kappa shape index (κ3) is 4.62. The highest BCUT2D eigenvalue weighted by Crippen LogP contribution is 2.36. The average molecular weight is 535 g/mol. The number of amides is 1. The van der Waals surface area contributed by atoms with Gasteiger partial charge in [0.2, 0.25) is 0 Å². The molecule has 0 saturated heterocycles. The van der Waals surface area contributed by atoms with Crippen molar-refractivity contribution in [1.29, 1.82) is 0 Å². The molecular weight excluding hydrogens is 508 g/mol. The molecule has 1 amide bonds. The molecule has 3 aromatic heterocycles. The van der Waals surface area contributed by atoms with Crippen molar-refractivity contribution < 1.29 is 19.0 Å². The predicted octanol–water partition coefficient (Wildman–Crippen LogP) is 5.33. The Labute approximate surface area is 230 Å². The number of benzene rings is 2. The molecule has 3 heterocycles. The van der Waals surface area contributed by atoms with Gasteiger partial charge >= 0.3 is 0 Å². The van der Waals surface area contributed by atoms with Gasteiger partial charge in [0.1, 0.15) is 22.9 Å². The van der Waals surface area contributed by atoms with Crippen molar-refractivity contribution in [3.05, 3.63) is 106 Å². The van der Waals surface area contributed by atoms with E-state index in [0.29, 0.717) is 34.3 Å². The Morgan fingerprint density at radius 3 is 2.45 bits per heavy atom. The van der Waals surface area contributed by atoms with E-state index in [1.165, 1.54) is 6.20 Å². The Balaban J connectivity index is 1.25. The Hall–Kier alpha value is -5.18. The van der Waals surface area contributed by atoms with Gasteiger partial charge in [0.25, 0.3) is 11.5 Å². The number of carbonyl (C=O) groups excluding carboxylic acids is 1. The minimum absolute atomic E-state index is 0.0826. The molecule has 0 fully saturated rings. The number of rotatable bonds is 7. The summed E-state index contributed by atoms with van der Waals surface area (Å²) in [6.45, 7) is 0. The van der Waals surface area contributed by atoms with E-state index in [-0.39, 0.29) is 11.1 Å². The highest BCUT2D eigenvalue weighted by atomic mass is 16.5. The molecule has 9 heteroatoms. The van der Waals surface area contributed by atoms with E-state index in [0.717, 1.165) is 41.6 Å². The maximum Gasteiger partial charge on any atom is 0.268 e. The van der Waals surface area contributed by atoms with Crippen molar-refractivity contribution in [3.63, 3.8) is 0 Å². The number of hydrogen-bond acceptors (Lipinski definition) is 7. The zero-order valence-electron chi connectivity index (χ0n) is 22.0. The number of aromatic nitrogens is 3. The van der Waals surface area contributed by atoms with E-state index >= 15 is 0 Å². The number of hydrogen-bond donors (Lipinski definition) is 1. The molecule has 0 aliphatic heterocycles. The van der Waals surface area contributed by atoms with Crippen LogP contribution < -0.4 is 25.1 Å². The number of fused-ring (bicyclic) bond motifs is 2. The zero-order valence-corrected chi connectivity index (χ0v) is 22.0. The molecule has 0 bridgehead atoms. The van der Waals surface area contributed by atoms with Crippen LogP contribution in [0.5, 0.6) is 23.0 Å². The van der Waals surface area contributed by atoms with Crippen molar-refractivity contribution in [2.45, 2.75) is 19.3 Å². The molecule has 0 radical (unpaired) electrons. The first kappa shape index (κ1) is 25.1. The monoisotopic (exact) mass is 534 g/mol. The van der Waals surface area contributed by atoms with Crippen molar-refractivity contribution in [2.24, 2.45) is 0 Å². The van der Waals surface area contributed by atoms with Gasteiger partial charge in [0.05, 0.1) is 25.9 Å².